The fourth-order valence-corrected chi connectivity index (χ4v) is 6.56. The highest BCUT2D eigenvalue weighted by atomic mass is 16.3. The Balaban J connectivity index is 2.04. The van der Waals surface area contributed by atoms with E-state index in [-0.39, 0.29) is 17.4 Å². The van der Waals surface area contributed by atoms with Crippen LogP contribution in [0.25, 0.3) is 0 Å². The lowest BCUT2D eigenvalue weighted by atomic mass is 9.47. The molecule has 0 spiro atoms. The van der Waals surface area contributed by atoms with Gasteiger partial charge < -0.3 is 5.11 Å². The standard InChI is InChI=1S/C21H32O2/c1-5-11-20(3)15(10-12-22)7-8-16-17-9-6-14(2)21(17,4)13-18(23)19(16)20/h5,10-12,14,16-19,23H,6-9,13H2,1-4H3/b11-5-,15-10-. The first-order valence-corrected chi connectivity index (χ1v) is 9.35. The monoisotopic (exact) mass is 316 g/mol. The molecular formula is C21H32O2. The molecule has 3 fully saturated rings. The molecule has 0 heterocycles. The fourth-order valence-electron chi connectivity index (χ4n) is 6.56. The lowest BCUT2D eigenvalue weighted by molar-refractivity contribution is -0.114. The van der Waals surface area contributed by atoms with Gasteiger partial charge in [-0.2, -0.15) is 0 Å². The van der Waals surface area contributed by atoms with Gasteiger partial charge in [-0.15, -0.1) is 0 Å². The number of hydrogen-bond donors (Lipinski definition) is 1. The summed E-state index contributed by atoms with van der Waals surface area (Å²) >= 11 is 0. The van der Waals surface area contributed by atoms with Gasteiger partial charge in [0.25, 0.3) is 0 Å². The van der Waals surface area contributed by atoms with Crippen molar-refractivity contribution in [1.29, 1.82) is 0 Å². The summed E-state index contributed by atoms with van der Waals surface area (Å²) in [5.74, 6) is 2.27. The Morgan fingerprint density at radius 3 is 2.61 bits per heavy atom. The Morgan fingerprint density at radius 1 is 1.22 bits per heavy atom. The number of fused-ring (bicyclic) bond motifs is 3. The Morgan fingerprint density at radius 2 is 1.96 bits per heavy atom. The summed E-state index contributed by atoms with van der Waals surface area (Å²) in [5.41, 5.74) is 1.33. The molecule has 0 aliphatic heterocycles. The number of aldehydes is 1. The Labute approximate surface area is 141 Å². The van der Waals surface area contributed by atoms with Crippen LogP contribution >= 0.6 is 0 Å². The van der Waals surface area contributed by atoms with E-state index < -0.39 is 0 Å². The van der Waals surface area contributed by atoms with E-state index in [4.69, 9.17) is 0 Å². The minimum atomic E-state index is -0.265. The largest absolute Gasteiger partial charge is 0.393 e. The predicted molar refractivity (Wildman–Crippen MR) is 93.9 cm³/mol. The quantitative estimate of drug-likeness (QED) is 0.461. The van der Waals surface area contributed by atoms with E-state index >= 15 is 0 Å². The Kier molecular flexibility index (Phi) is 4.33. The van der Waals surface area contributed by atoms with Gasteiger partial charge >= 0.3 is 0 Å². The van der Waals surface area contributed by atoms with E-state index in [0.29, 0.717) is 17.3 Å². The van der Waals surface area contributed by atoms with Crippen LogP contribution in [0, 0.1) is 34.5 Å². The van der Waals surface area contributed by atoms with Crippen LogP contribution < -0.4 is 0 Å². The summed E-state index contributed by atoms with van der Waals surface area (Å²) in [6.45, 7) is 9.07. The first kappa shape index (κ1) is 17.0. The zero-order valence-electron chi connectivity index (χ0n) is 15.1. The molecule has 23 heavy (non-hydrogen) atoms. The maximum Gasteiger partial charge on any atom is 0.142 e. The molecule has 1 N–H and O–H groups in total. The average Bonchev–Trinajstić information content (AvgIpc) is 2.77. The van der Waals surface area contributed by atoms with Crippen LogP contribution in [0.5, 0.6) is 0 Å². The van der Waals surface area contributed by atoms with E-state index in [1.807, 2.05) is 6.92 Å². The van der Waals surface area contributed by atoms with Crippen LogP contribution in [0.3, 0.4) is 0 Å². The van der Waals surface area contributed by atoms with Crippen molar-refractivity contribution < 1.29 is 9.90 Å². The van der Waals surface area contributed by atoms with E-state index in [0.717, 1.165) is 31.5 Å². The zero-order valence-corrected chi connectivity index (χ0v) is 15.1. The molecule has 128 valence electrons. The topological polar surface area (TPSA) is 37.3 Å². The predicted octanol–water partition coefficient (Wildman–Crippen LogP) is 4.54. The van der Waals surface area contributed by atoms with Crippen molar-refractivity contribution in [1.82, 2.24) is 0 Å². The minimum absolute atomic E-state index is 0.175. The summed E-state index contributed by atoms with van der Waals surface area (Å²) in [6.07, 6.45) is 12.4. The highest BCUT2D eigenvalue weighted by Crippen LogP contribution is 2.65. The van der Waals surface area contributed by atoms with Crippen LogP contribution in [0.4, 0.5) is 0 Å². The number of rotatable bonds is 2. The normalized spacial score (nSPS) is 51.7. The Hall–Kier alpha value is -0.890. The highest BCUT2D eigenvalue weighted by Gasteiger charge is 2.60. The summed E-state index contributed by atoms with van der Waals surface area (Å²) in [4.78, 5) is 11.1. The van der Waals surface area contributed by atoms with E-state index in [1.165, 1.54) is 18.4 Å². The van der Waals surface area contributed by atoms with Gasteiger partial charge in [-0.25, -0.2) is 0 Å². The zero-order chi connectivity index (χ0) is 16.8. The maximum atomic E-state index is 11.1. The minimum Gasteiger partial charge on any atom is -0.393 e. The van der Waals surface area contributed by atoms with Crippen molar-refractivity contribution in [2.45, 2.75) is 65.9 Å². The van der Waals surface area contributed by atoms with Gasteiger partial charge in [0.2, 0.25) is 0 Å². The van der Waals surface area contributed by atoms with Crippen molar-refractivity contribution in [2.75, 3.05) is 0 Å². The number of aliphatic hydroxyl groups excluding tert-OH is 1. The number of carbonyl (C=O) groups is 1. The van der Waals surface area contributed by atoms with Crippen molar-refractivity contribution in [3.63, 3.8) is 0 Å². The molecule has 7 unspecified atom stereocenters. The molecule has 0 aromatic carbocycles. The third-order valence-corrected chi connectivity index (χ3v) is 7.84. The SMILES string of the molecule is C/C=C\C1(C)/C(=C\C=O)CCC2C1C(O)CC1(C)C(C)CCC21. The number of allylic oxidation sites excluding steroid dienone is 4. The number of aliphatic hydroxyl groups is 1. The molecule has 0 amide bonds. The second-order valence-corrected chi connectivity index (χ2v) is 8.70. The molecule has 0 aromatic heterocycles. The summed E-state index contributed by atoms with van der Waals surface area (Å²) in [7, 11) is 0. The molecule has 3 aliphatic carbocycles. The van der Waals surface area contributed by atoms with Crippen LogP contribution in [0.15, 0.2) is 23.8 Å². The first-order valence-electron chi connectivity index (χ1n) is 9.35. The molecule has 2 heteroatoms. The van der Waals surface area contributed by atoms with Crippen molar-refractivity contribution in [3.8, 4) is 0 Å². The van der Waals surface area contributed by atoms with E-state index in [2.05, 4.69) is 32.9 Å². The number of hydrogen-bond acceptors (Lipinski definition) is 2. The van der Waals surface area contributed by atoms with Crippen LogP contribution in [-0.2, 0) is 4.79 Å². The van der Waals surface area contributed by atoms with Gasteiger partial charge in [0.1, 0.15) is 6.29 Å². The van der Waals surface area contributed by atoms with Gasteiger partial charge in [-0.05, 0) is 68.3 Å². The second kappa shape index (κ2) is 5.88. The van der Waals surface area contributed by atoms with Crippen molar-refractivity contribution in [2.24, 2.45) is 34.5 Å². The summed E-state index contributed by atoms with van der Waals surface area (Å²) in [5, 5.41) is 11.1. The van der Waals surface area contributed by atoms with Crippen LogP contribution in [0.1, 0.15) is 59.8 Å². The molecule has 3 saturated carbocycles. The van der Waals surface area contributed by atoms with E-state index in [1.54, 1.807) is 6.08 Å². The summed E-state index contributed by atoms with van der Waals surface area (Å²) < 4.78 is 0. The van der Waals surface area contributed by atoms with Gasteiger partial charge in [0.15, 0.2) is 0 Å². The highest BCUT2D eigenvalue weighted by molar-refractivity contribution is 5.67. The number of carbonyl (C=O) groups excluding carboxylic acids is 1. The van der Waals surface area contributed by atoms with Gasteiger partial charge in [0.05, 0.1) is 6.10 Å². The first-order chi connectivity index (χ1) is 10.9. The van der Waals surface area contributed by atoms with Crippen molar-refractivity contribution in [3.05, 3.63) is 23.8 Å². The summed E-state index contributed by atoms with van der Waals surface area (Å²) in [6, 6.07) is 0. The van der Waals surface area contributed by atoms with Crippen molar-refractivity contribution >= 4 is 6.29 Å². The fraction of sp³-hybridized carbons (Fsp3) is 0.762. The molecule has 3 rings (SSSR count). The van der Waals surface area contributed by atoms with Gasteiger partial charge in [-0.3, -0.25) is 4.79 Å². The molecule has 0 bridgehead atoms. The maximum absolute atomic E-state index is 11.1. The molecular weight excluding hydrogens is 284 g/mol. The second-order valence-electron chi connectivity index (χ2n) is 8.70. The van der Waals surface area contributed by atoms with E-state index in [9.17, 15) is 9.90 Å². The molecule has 0 aromatic rings. The molecule has 0 saturated heterocycles. The molecule has 0 radical (unpaired) electrons. The molecule has 2 nitrogen and oxygen atoms in total. The van der Waals surface area contributed by atoms with Crippen LogP contribution in [-0.4, -0.2) is 17.5 Å². The molecule has 3 aliphatic rings. The lowest BCUT2D eigenvalue weighted by Gasteiger charge is -2.58. The molecule has 7 atom stereocenters. The van der Waals surface area contributed by atoms with Gasteiger partial charge in [-0.1, -0.05) is 38.5 Å². The lowest BCUT2D eigenvalue weighted by Crippen LogP contribution is -2.55. The third-order valence-electron chi connectivity index (χ3n) is 7.84. The van der Waals surface area contributed by atoms with Crippen LogP contribution in [0.2, 0.25) is 0 Å². The third kappa shape index (κ3) is 2.36. The average molecular weight is 316 g/mol. The van der Waals surface area contributed by atoms with Gasteiger partial charge in [0, 0.05) is 11.3 Å². The Bertz CT molecular complexity index is 534. The smallest absolute Gasteiger partial charge is 0.142 e.